The highest BCUT2D eigenvalue weighted by Crippen LogP contribution is 2.13. The zero-order chi connectivity index (χ0) is 20.9. The maximum absolute atomic E-state index is 11.8. The third-order valence-electron chi connectivity index (χ3n) is 4.65. The normalized spacial score (nSPS) is 16.8. The summed E-state index contributed by atoms with van der Waals surface area (Å²) in [4.78, 5) is 16.4. The fraction of sp³-hybridized carbons (Fsp3) is 0.636. The van der Waals surface area contributed by atoms with Crippen LogP contribution in [0.5, 0.6) is 0 Å². The monoisotopic (exact) mass is 404 g/mol. The van der Waals surface area contributed by atoms with E-state index in [1.165, 1.54) is 0 Å². The Morgan fingerprint density at radius 1 is 1.28 bits per heavy atom. The molecule has 29 heavy (non-hydrogen) atoms. The Morgan fingerprint density at radius 3 is 2.72 bits per heavy atom. The predicted octanol–water partition coefficient (Wildman–Crippen LogP) is 2.78. The third-order valence-corrected chi connectivity index (χ3v) is 4.65. The number of benzene rings is 1. The summed E-state index contributed by atoms with van der Waals surface area (Å²) in [6.07, 6.45) is 2.04. The number of ether oxygens (including phenoxy) is 2. The van der Waals surface area contributed by atoms with Gasteiger partial charge in [-0.25, -0.2) is 4.99 Å². The molecule has 1 aromatic rings. The van der Waals surface area contributed by atoms with Crippen molar-refractivity contribution in [2.24, 2.45) is 16.8 Å². The van der Waals surface area contributed by atoms with Crippen LogP contribution in [-0.2, 0) is 20.8 Å². The van der Waals surface area contributed by atoms with Crippen LogP contribution in [0, 0.1) is 11.8 Å². The predicted molar refractivity (Wildman–Crippen MR) is 117 cm³/mol. The van der Waals surface area contributed by atoms with Gasteiger partial charge in [0.2, 0.25) is 5.91 Å². The molecule has 0 spiro atoms. The summed E-state index contributed by atoms with van der Waals surface area (Å²) in [5, 5.41) is 9.51. The van der Waals surface area contributed by atoms with Crippen molar-refractivity contribution in [1.82, 2.24) is 10.6 Å². The number of anilines is 1. The highest BCUT2D eigenvalue weighted by atomic mass is 16.5. The molecule has 1 unspecified atom stereocenters. The number of hydrogen-bond acceptors (Lipinski definition) is 4. The molecule has 1 atom stereocenters. The molecule has 162 valence electrons. The molecule has 0 saturated carbocycles. The maximum atomic E-state index is 11.8. The summed E-state index contributed by atoms with van der Waals surface area (Å²) >= 11 is 0. The van der Waals surface area contributed by atoms with Gasteiger partial charge in [0.05, 0.1) is 19.8 Å². The Balaban J connectivity index is 1.69. The topological polar surface area (TPSA) is 84.0 Å². The Kier molecular flexibility index (Phi) is 10.5. The van der Waals surface area contributed by atoms with Gasteiger partial charge in [-0.05, 0) is 37.5 Å². The van der Waals surface area contributed by atoms with Gasteiger partial charge < -0.3 is 25.4 Å². The Hall–Kier alpha value is -2.12. The molecule has 1 saturated heterocycles. The first kappa shape index (κ1) is 23.2. The largest absolute Gasteiger partial charge is 0.381 e. The molecule has 0 aliphatic carbocycles. The van der Waals surface area contributed by atoms with Crippen LogP contribution in [0.2, 0.25) is 0 Å². The second kappa shape index (κ2) is 13.2. The highest BCUT2D eigenvalue weighted by molar-refractivity contribution is 5.92. The van der Waals surface area contributed by atoms with E-state index in [4.69, 9.17) is 9.47 Å². The minimum Gasteiger partial charge on any atom is -0.381 e. The Labute approximate surface area is 174 Å². The first-order chi connectivity index (χ1) is 14.1. The molecule has 1 aliphatic heterocycles. The molecule has 0 aromatic heterocycles. The van der Waals surface area contributed by atoms with Crippen molar-refractivity contribution in [3.63, 3.8) is 0 Å². The molecule has 1 aromatic carbocycles. The van der Waals surface area contributed by atoms with Gasteiger partial charge in [0, 0.05) is 43.8 Å². The van der Waals surface area contributed by atoms with Gasteiger partial charge in [0.15, 0.2) is 5.96 Å². The Bertz CT molecular complexity index is 625. The van der Waals surface area contributed by atoms with Crippen molar-refractivity contribution in [3.05, 3.63) is 29.8 Å². The molecule has 1 fully saturated rings. The second-order valence-corrected chi connectivity index (χ2v) is 7.62. The number of hydrogen-bond donors (Lipinski definition) is 3. The molecule has 7 nitrogen and oxygen atoms in total. The third kappa shape index (κ3) is 9.28. The first-order valence-electron chi connectivity index (χ1n) is 10.7. The van der Waals surface area contributed by atoms with Crippen LogP contribution in [-0.4, -0.2) is 51.4 Å². The van der Waals surface area contributed by atoms with Gasteiger partial charge in [-0.3, -0.25) is 4.79 Å². The van der Waals surface area contributed by atoms with Crippen molar-refractivity contribution in [1.29, 1.82) is 0 Å². The summed E-state index contributed by atoms with van der Waals surface area (Å²) < 4.78 is 11.1. The zero-order valence-electron chi connectivity index (χ0n) is 18.0. The number of amides is 1. The lowest BCUT2D eigenvalue weighted by molar-refractivity contribution is -0.118. The van der Waals surface area contributed by atoms with Crippen LogP contribution in [0.1, 0.15) is 39.2 Å². The van der Waals surface area contributed by atoms with E-state index in [0.29, 0.717) is 12.5 Å². The fourth-order valence-electron chi connectivity index (χ4n) is 2.84. The molecule has 1 amide bonds. The van der Waals surface area contributed by atoms with E-state index in [1.54, 1.807) is 0 Å². The number of carbonyl (C=O) groups excluding carboxylic acids is 1. The maximum Gasteiger partial charge on any atom is 0.226 e. The van der Waals surface area contributed by atoms with Gasteiger partial charge in [-0.1, -0.05) is 26.0 Å². The van der Waals surface area contributed by atoms with Gasteiger partial charge >= 0.3 is 0 Å². The number of nitrogens with zero attached hydrogens (tertiary/aromatic N) is 1. The summed E-state index contributed by atoms with van der Waals surface area (Å²) in [6.45, 7) is 11.2. The van der Waals surface area contributed by atoms with Gasteiger partial charge in [0.25, 0.3) is 0 Å². The van der Waals surface area contributed by atoms with E-state index in [0.717, 1.165) is 69.6 Å². The van der Waals surface area contributed by atoms with E-state index in [2.05, 4.69) is 27.9 Å². The number of carbonyl (C=O) groups is 1. The van der Waals surface area contributed by atoms with Gasteiger partial charge in [-0.2, -0.15) is 0 Å². The molecular weight excluding hydrogens is 368 g/mol. The zero-order valence-corrected chi connectivity index (χ0v) is 18.0. The summed E-state index contributed by atoms with van der Waals surface area (Å²) in [5.74, 6) is 1.35. The average molecular weight is 405 g/mol. The average Bonchev–Trinajstić information content (AvgIpc) is 3.23. The molecule has 0 radical (unpaired) electrons. The van der Waals surface area contributed by atoms with E-state index in [-0.39, 0.29) is 11.8 Å². The first-order valence-corrected chi connectivity index (χ1v) is 10.7. The van der Waals surface area contributed by atoms with Crippen LogP contribution < -0.4 is 16.0 Å². The number of guanidine groups is 1. The minimum absolute atomic E-state index is 0.0231. The van der Waals surface area contributed by atoms with E-state index >= 15 is 0 Å². The van der Waals surface area contributed by atoms with Crippen LogP contribution in [0.3, 0.4) is 0 Å². The van der Waals surface area contributed by atoms with Crippen LogP contribution in [0.4, 0.5) is 5.69 Å². The summed E-state index contributed by atoms with van der Waals surface area (Å²) in [5.41, 5.74) is 1.90. The van der Waals surface area contributed by atoms with Crippen LogP contribution >= 0.6 is 0 Å². The molecule has 1 heterocycles. The van der Waals surface area contributed by atoms with Gasteiger partial charge in [0.1, 0.15) is 0 Å². The molecule has 7 heteroatoms. The van der Waals surface area contributed by atoms with Crippen LogP contribution in [0.25, 0.3) is 0 Å². The van der Waals surface area contributed by atoms with Crippen molar-refractivity contribution in [3.8, 4) is 0 Å². The van der Waals surface area contributed by atoms with E-state index in [1.807, 2.05) is 38.1 Å². The van der Waals surface area contributed by atoms with Gasteiger partial charge in [-0.15, -0.1) is 0 Å². The lowest BCUT2D eigenvalue weighted by Crippen LogP contribution is -2.38. The van der Waals surface area contributed by atoms with E-state index in [9.17, 15) is 4.79 Å². The number of rotatable bonds is 11. The summed E-state index contributed by atoms with van der Waals surface area (Å²) in [6, 6.07) is 7.81. The fourth-order valence-corrected chi connectivity index (χ4v) is 2.84. The summed E-state index contributed by atoms with van der Waals surface area (Å²) in [7, 11) is 0. The number of nitrogens with one attached hydrogen (secondary N) is 3. The van der Waals surface area contributed by atoms with E-state index < -0.39 is 0 Å². The minimum atomic E-state index is -0.0323. The highest BCUT2D eigenvalue weighted by Gasteiger charge is 2.15. The number of aliphatic imine (C=N–C) groups is 1. The standard InChI is InChI=1S/C22H36N4O3/c1-4-23-22(24-11-5-12-28-15-19-10-13-29-16-19)25-14-18-6-8-20(9-7-18)26-21(27)17(2)3/h6-9,17,19H,4-5,10-16H2,1-3H3,(H,26,27)(H2,23,24,25). The quantitative estimate of drug-likeness (QED) is 0.300. The van der Waals surface area contributed by atoms with Crippen LogP contribution in [0.15, 0.2) is 29.3 Å². The molecule has 3 N–H and O–H groups in total. The molecule has 0 bridgehead atoms. The SMILES string of the molecule is CCNC(=NCc1ccc(NC(=O)C(C)C)cc1)NCCCOCC1CCOC1. The smallest absolute Gasteiger partial charge is 0.226 e. The molecule has 1 aliphatic rings. The molecule has 2 rings (SSSR count). The molecular formula is C22H36N4O3. The van der Waals surface area contributed by atoms with Crippen molar-refractivity contribution >= 4 is 17.6 Å². The van der Waals surface area contributed by atoms with Crippen molar-refractivity contribution < 1.29 is 14.3 Å². The Morgan fingerprint density at radius 2 is 2.07 bits per heavy atom. The lowest BCUT2D eigenvalue weighted by Gasteiger charge is -2.12. The lowest BCUT2D eigenvalue weighted by atomic mass is 10.1. The second-order valence-electron chi connectivity index (χ2n) is 7.62. The van der Waals surface area contributed by atoms with Crippen molar-refractivity contribution in [2.45, 2.75) is 40.2 Å². The van der Waals surface area contributed by atoms with Crippen molar-refractivity contribution in [2.75, 3.05) is 44.8 Å².